The van der Waals surface area contributed by atoms with E-state index in [1.54, 1.807) is 0 Å². The van der Waals surface area contributed by atoms with E-state index in [-0.39, 0.29) is 17.4 Å². The second-order valence-corrected chi connectivity index (χ2v) is 7.12. The average Bonchev–Trinajstić information content (AvgIpc) is 3.37. The standard InChI is InChI=1S/C18H22F3N5O3/c19-18(20,21)15-8-26(10-24-15)13(5-11-3-1-2-4-11)17(29)25-16-7-22-12(6-23-16)14(28)9-27/h6-8,10-11,13-14,27-28H,1-5,9H2,(H,23,25,29)/t13?,14-/m1/s1. The van der Waals surface area contributed by atoms with Gasteiger partial charge in [0.1, 0.15) is 12.1 Å². The van der Waals surface area contributed by atoms with Gasteiger partial charge in [0.2, 0.25) is 5.91 Å². The van der Waals surface area contributed by atoms with Crippen LogP contribution in [0.5, 0.6) is 0 Å². The predicted octanol–water partition coefficient (Wildman–Crippen LogP) is 2.48. The van der Waals surface area contributed by atoms with Crippen LogP contribution in [-0.4, -0.2) is 42.2 Å². The summed E-state index contributed by atoms with van der Waals surface area (Å²) >= 11 is 0. The molecule has 2 atom stereocenters. The van der Waals surface area contributed by atoms with Gasteiger partial charge in [0.15, 0.2) is 11.5 Å². The Labute approximate surface area is 164 Å². The number of hydrogen-bond donors (Lipinski definition) is 3. The van der Waals surface area contributed by atoms with Crippen LogP contribution in [0.25, 0.3) is 0 Å². The van der Waals surface area contributed by atoms with Gasteiger partial charge in [0.25, 0.3) is 0 Å². The Morgan fingerprint density at radius 1 is 1.24 bits per heavy atom. The second kappa shape index (κ2) is 8.87. The minimum Gasteiger partial charge on any atom is -0.393 e. The lowest BCUT2D eigenvalue weighted by molar-refractivity contribution is -0.141. The van der Waals surface area contributed by atoms with E-state index in [2.05, 4.69) is 20.3 Å². The van der Waals surface area contributed by atoms with Gasteiger partial charge in [-0.3, -0.25) is 9.78 Å². The molecule has 1 aliphatic carbocycles. The van der Waals surface area contributed by atoms with E-state index in [1.807, 2.05) is 0 Å². The van der Waals surface area contributed by atoms with Gasteiger partial charge < -0.3 is 20.1 Å². The van der Waals surface area contributed by atoms with Crippen LogP contribution < -0.4 is 5.32 Å². The van der Waals surface area contributed by atoms with Gasteiger partial charge in [-0.1, -0.05) is 25.7 Å². The lowest BCUT2D eigenvalue weighted by Crippen LogP contribution is -2.27. The van der Waals surface area contributed by atoms with Crippen LogP contribution in [0.15, 0.2) is 24.9 Å². The van der Waals surface area contributed by atoms with E-state index in [0.717, 1.165) is 38.2 Å². The normalized spacial score (nSPS) is 17.3. The highest BCUT2D eigenvalue weighted by molar-refractivity contribution is 5.92. The van der Waals surface area contributed by atoms with E-state index in [4.69, 9.17) is 5.11 Å². The number of hydrogen-bond acceptors (Lipinski definition) is 6. The molecule has 11 heteroatoms. The van der Waals surface area contributed by atoms with Crippen LogP contribution in [0.3, 0.4) is 0 Å². The van der Waals surface area contributed by atoms with Crippen molar-refractivity contribution in [2.75, 3.05) is 11.9 Å². The van der Waals surface area contributed by atoms with E-state index in [9.17, 15) is 23.1 Å². The van der Waals surface area contributed by atoms with Crippen molar-refractivity contribution in [3.05, 3.63) is 36.3 Å². The number of imidazole rings is 1. The third-order valence-corrected chi connectivity index (χ3v) is 5.02. The van der Waals surface area contributed by atoms with Crippen molar-refractivity contribution in [2.24, 2.45) is 5.92 Å². The van der Waals surface area contributed by atoms with E-state index >= 15 is 0 Å². The smallest absolute Gasteiger partial charge is 0.393 e. The largest absolute Gasteiger partial charge is 0.434 e. The van der Waals surface area contributed by atoms with Crippen molar-refractivity contribution < 1.29 is 28.2 Å². The molecule has 0 aromatic carbocycles. The van der Waals surface area contributed by atoms with Crippen molar-refractivity contribution >= 4 is 11.7 Å². The van der Waals surface area contributed by atoms with Gasteiger partial charge in [0, 0.05) is 6.20 Å². The number of carbonyl (C=O) groups excluding carboxylic acids is 1. The Morgan fingerprint density at radius 3 is 2.52 bits per heavy atom. The molecule has 2 heterocycles. The third-order valence-electron chi connectivity index (χ3n) is 5.02. The third kappa shape index (κ3) is 5.30. The van der Waals surface area contributed by atoms with Crippen molar-refractivity contribution in [3.8, 4) is 0 Å². The van der Waals surface area contributed by atoms with Gasteiger partial charge in [0.05, 0.1) is 31.0 Å². The van der Waals surface area contributed by atoms with Crippen LogP contribution in [0.1, 0.15) is 55.6 Å². The fourth-order valence-electron chi connectivity index (χ4n) is 3.46. The Bertz CT molecular complexity index is 819. The number of carbonyl (C=O) groups is 1. The number of aliphatic hydroxyl groups is 2. The molecule has 0 bridgehead atoms. The highest BCUT2D eigenvalue weighted by atomic mass is 19.4. The van der Waals surface area contributed by atoms with E-state index in [0.29, 0.717) is 6.42 Å². The molecule has 0 spiro atoms. The molecule has 8 nitrogen and oxygen atoms in total. The topological polar surface area (TPSA) is 113 Å². The summed E-state index contributed by atoms with van der Waals surface area (Å²) in [5, 5.41) is 21.0. The maximum atomic E-state index is 12.9. The zero-order valence-corrected chi connectivity index (χ0v) is 15.5. The molecular formula is C18H22F3N5O3. The first kappa shape index (κ1) is 21.2. The summed E-state index contributed by atoms with van der Waals surface area (Å²) in [7, 11) is 0. The summed E-state index contributed by atoms with van der Waals surface area (Å²) in [4.78, 5) is 24.1. The molecular weight excluding hydrogens is 391 g/mol. The second-order valence-electron chi connectivity index (χ2n) is 7.12. The summed E-state index contributed by atoms with van der Waals surface area (Å²) < 4.78 is 39.9. The van der Waals surface area contributed by atoms with E-state index < -0.39 is 36.5 Å². The number of amides is 1. The molecule has 1 fully saturated rings. The first-order valence-electron chi connectivity index (χ1n) is 9.30. The maximum absolute atomic E-state index is 12.9. The number of halogens is 3. The fraction of sp³-hybridized carbons (Fsp3) is 0.556. The Balaban J connectivity index is 1.77. The van der Waals surface area contributed by atoms with Gasteiger partial charge in [-0.2, -0.15) is 13.2 Å². The molecule has 2 aromatic rings. The Hall–Kier alpha value is -2.53. The number of nitrogens with zero attached hydrogens (tertiary/aromatic N) is 4. The Kier molecular flexibility index (Phi) is 6.48. The lowest BCUT2D eigenvalue weighted by Gasteiger charge is -2.21. The Morgan fingerprint density at radius 2 is 1.97 bits per heavy atom. The molecule has 3 rings (SSSR count). The van der Waals surface area contributed by atoms with Crippen molar-refractivity contribution in [1.29, 1.82) is 0 Å². The number of aliphatic hydroxyl groups excluding tert-OH is 2. The van der Waals surface area contributed by atoms with Crippen LogP contribution in [0, 0.1) is 5.92 Å². The lowest BCUT2D eigenvalue weighted by atomic mass is 9.97. The van der Waals surface area contributed by atoms with Gasteiger partial charge in [-0.25, -0.2) is 9.97 Å². The summed E-state index contributed by atoms with van der Waals surface area (Å²) in [5.41, 5.74) is -0.915. The summed E-state index contributed by atoms with van der Waals surface area (Å²) in [6, 6.07) is -0.869. The van der Waals surface area contributed by atoms with Crippen LogP contribution in [0.4, 0.5) is 19.0 Å². The zero-order chi connectivity index (χ0) is 21.0. The quantitative estimate of drug-likeness (QED) is 0.643. The van der Waals surface area contributed by atoms with Crippen molar-refractivity contribution in [1.82, 2.24) is 19.5 Å². The number of nitrogens with one attached hydrogen (secondary N) is 1. The molecule has 3 N–H and O–H groups in total. The monoisotopic (exact) mass is 413 g/mol. The summed E-state index contributed by atoms with van der Waals surface area (Å²) in [6.45, 7) is -0.522. The molecule has 1 aliphatic rings. The molecule has 0 radical (unpaired) electrons. The minimum atomic E-state index is -4.59. The van der Waals surface area contributed by atoms with Crippen molar-refractivity contribution in [3.63, 3.8) is 0 Å². The highest BCUT2D eigenvalue weighted by Gasteiger charge is 2.35. The maximum Gasteiger partial charge on any atom is 0.434 e. The SMILES string of the molecule is O=C(Nc1cnc([C@H](O)CO)cn1)C(CC1CCCC1)n1cnc(C(F)(F)F)c1. The fourth-order valence-corrected chi connectivity index (χ4v) is 3.46. The van der Waals surface area contributed by atoms with Gasteiger partial charge in [-0.15, -0.1) is 0 Å². The number of aromatic nitrogens is 4. The molecule has 2 aromatic heterocycles. The molecule has 29 heavy (non-hydrogen) atoms. The number of alkyl halides is 3. The number of rotatable bonds is 7. The zero-order valence-electron chi connectivity index (χ0n) is 15.5. The van der Waals surface area contributed by atoms with Crippen molar-refractivity contribution in [2.45, 2.75) is 50.4 Å². The first-order valence-corrected chi connectivity index (χ1v) is 9.30. The predicted molar refractivity (Wildman–Crippen MR) is 95.5 cm³/mol. The molecule has 1 amide bonds. The van der Waals surface area contributed by atoms with Crippen LogP contribution in [0.2, 0.25) is 0 Å². The van der Waals surface area contributed by atoms with Gasteiger partial charge in [-0.05, 0) is 12.3 Å². The summed E-state index contributed by atoms with van der Waals surface area (Å²) in [6.07, 6.45) is 2.84. The summed E-state index contributed by atoms with van der Waals surface area (Å²) in [5.74, 6) is -0.181. The van der Waals surface area contributed by atoms with Gasteiger partial charge >= 0.3 is 6.18 Å². The first-order chi connectivity index (χ1) is 13.8. The van der Waals surface area contributed by atoms with Crippen LogP contribution in [-0.2, 0) is 11.0 Å². The highest BCUT2D eigenvalue weighted by Crippen LogP contribution is 2.34. The minimum absolute atomic E-state index is 0.0940. The molecule has 1 saturated carbocycles. The molecule has 1 unspecified atom stereocenters. The molecule has 158 valence electrons. The van der Waals surface area contributed by atoms with Crippen LogP contribution >= 0.6 is 0 Å². The molecule has 0 saturated heterocycles. The molecule has 0 aliphatic heterocycles. The van der Waals surface area contributed by atoms with E-state index in [1.165, 1.54) is 17.0 Å². The average molecular weight is 413 g/mol. The number of anilines is 1.